The lowest BCUT2D eigenvalue weighted by Gasteiger charge is -1.95. The molecule has 0 atom stereocenters. The molecule has 7 aromatic carbocycles. The summed E-state index contributed by atoms with van der Waals surface area (Å²) in [5.74, 6) is 41.2. The summed E-state index contributed by atoms with van der Waals surface area (Å²) in [6, 6.07) is 57.4. The normalized spacial score (nSPS) is 9.27. The zero-order chi connectivity index (χ0) is 38.2. The predicted molar refractivity (Wildman–Crippen MR) is 229 cm³/mol. The Kier molecular flexibility index (Phi) is 11.7. The fraction of sp³-hybridized carbons (Fsp3) is 0. The van der Waals surface area contributed by atoms with Crippen LogP contribution in [0.15, 0.2) is 176 Å². The van der Waals surface area contributed by atoms with Gasteiger partial charge in [0, 0.05) is 72.3 Å². The number of hydrogen-bond donors (Lipinski definition) is 0. The van der Waals surface area contributed by atoms with Gasteiger partial charge in [0.25, 0.3) is 0 Å². The predicted octanol–water partition coefficient (Wildman–Crippen LogP) is 10.1. The van der Waals surface area contributed by atoms with Crippen molar-refractivity contribution in [1.82, 2.24) is 0 Å². The topological polar surface area (TPSA) is 0 Å². The quantitative estimate of drug-likeness (QED) is 0.138. The summed E-state index contributed by atoms with van der Waals surface area (Å²) < 4.78 is 0. The number of benzene rings is 7. The van der Waals surface area contributed by atoms with Gasteiger partial charge in [0.05, 0.1) is 0 Å². The molecule has 0 unspecified atom stereocenters. The van der Waals surface area contributed by atoms with Crippen LogP contribution in [0.4, 0.5) is 0 Å². The molecule has 0 bridgehead atoms. The maximum atomic E-state index is 5.42. The SMILES string of the molecule is C#Cc1ccc(C#Cc2ccc(C#Cc3ccc(C#Cc4ccc(C#Cc5ccc(C#Cc6ccc(C#Cc7ccccc7)cc6)cc5)cc4)cc3)cc2)cc1. The van der Waals surface area contributed by atoms with E-state index in [2.05, 4.69) is 77.0 Å². The molecule has 0 aromatic heterocycles. The molecule has 0 radical (unpaired) electrons. The van der Waals surface area contributed by atoms with Crippen LogP contribution < -0.4 is 0 Å². The van der Waals surface area contributed by atoms with Crippen LogP contribution in [-0.2, 0) is 0 Å². The third-order valence-electron chi connectivity index (χ3n) is 8.36. The molecule has 56 heavy (non-hydrogen) atoms. The molecule has 7 rings (SSSR count). The van der Waals surface area contributed by atoms with Crippen LogP contribution in [0, 0.1) is 83.4 Å². The van der Waals surface area contributed by atoms with Crippen molar-refractivity contribution >= 4 is 0 Å². The van der Waals surface area contributed by atoms with E-state index in [1.54, 1.807) is 0 Å². The Hall–Kier alpha value is -8.54. The highest BCUT2D eigenvalue weighted by molar-refractivity contribution is 5.53. The molecule has 0 aliphatic carbocycles. The molecular weight excluding hydrogens is 673 g/mol. The molecule has 0 heterocycles. The molecule has 0 saturated carbocycles. The molecule has 0 N–H and O–H groups in total. The highest BCUT2D eigenvalue weighted by Crippen LogP contribution is 2.09. The molecule has 0 spiro atoms. The molecule has 254 valence electrons. The van der Waals surface area contributed by atoms with Gasteiger partial charge >= 0.3 is 0 Å². The van der Waals surface area contributed by atoms with Gasteiger partial charge in [-0.1, -0.05) is 95.2 Å². The molecule has 0 nitrogen and oxygen atoms in total. The Morgan fingerprint density at radius 3 is 0.482 bits per heavy atom. The van der Waals surface area contributed by atoms with E-state index in [0.717, 1.165) is 72.3 Å². The summed E-state index contributed by atoms with van der Waals surface area (Å²) in [6.07, 6.45) is 5.42. The van der Waals surface area contributed by atoms with Gasteiger partial charge in [-0.15, -0.1) is 6.42 Å². The van der Waals surface area contributed by atoms with Crippen LogP contribution in [0.25, 0.3) is 0 Å². The van der Waals surface area contributed by atoms with Crippen molar-refractivity contribution in [3.63, 3.8) is 0 Å². The zero-order valence-electron chi connectivity index (χ0n) is 30.3. The fourth-order valence-corrected chi connectivity index (χ4v) is 5.22. The van der Waals surface area contributed by atoms with E-state index in [1.165, 1.54) is 0 Å². The minimum Gasteiger partial charge on any atom is -0.115 e. The smallest absolute Gasteiger partial charge is 0.0249 e. The zero-order valence-corrected chi connectivity index (χ0v) is 30.3. The van der Waals surface area contributed by atoms with E-state index >= 15 is 0 Å². The molecule has 7 aromatic rings. The second kappa shape index (κ2) is 18.3. The Bertz CT molecular complexity index is 2900. The molecule has 0 aliphatic heterocycles. The van der Waals surface area contributed by atoms with Crippen molar-refractivity contribution in [1.29, 1.82) is 0 Å². The first-order chi connectivity index (χ1) is 27.6. The fourth-order valence-electron chi connectivity index (χ4n) is 5.22. The summed E-state index contributed by atoms with van der Waals surface area (Å²) in [5, 5.41) is 0. The van der Waals surface area contributed by atoms with Gasteiger partial charge in [-0.3, -0.25) is 0 Å². The van der Waals surface area contributed by atoms with Crippen LogP contribution in [-0.4, -0.2) is 0 Å². The van der Waals surface area contributed by atoms with E-state index in [-0.39, 0.29) is 0 Å². The average molecular weight is 703 g/mol. The summed E-state index contributed by atoms with van der Waals surface area (Å²) >= 11 is 0. The largest absolute Gasteiger partial charge is 0.115 e. The molecule has 0 amide bonds. The van der Waals surface area contributed by atoms with Crippen molar-refractivity contribution in [2.24, 2.45) is 0 Å². The Balaban J connectivity index is 0.894. The van der Waals surface area contributed by atoms with Crippen LogP contribution in [0.5, 0.6) is 0 Å². The highest BCUT2D eigenvalue weighted by atomic mass is 14.0. The second-order valence-electron chi connectivity index (χ2n) is 12.5. The van der Waals surface area contributed by atoms with Crippen molar-refractivity contribution in [2.45, 2.75) is 0 Å². The van der Waals surface area contributed by atoms with Crippen molar-refractivity contribution in [3.8, 4) is 83.4 Å². The lowest BCUT2D eigenvalue weighted by Crippen LogP contribution is -1.81. The molecular formula is C56H30. The van der Waals surface area contributed by atoms with Gasteiger partial charge in [0.2, 0.25) is 0 Å². The Labute approximate surface area is 330 Å². The maximum Gasteiger partial charge on any atom is 0.0249 e. The molecule has 0 saturated heterocycles. The van der Waals surface area contributed by atoms with Crippen molar-refractivity contribution in [3.05, 3.63) is 248 Å². The van der Waals surface area contributed by atoms with E-state index < -0.39 is 0 Å². The number of hydrogen-bond acceptors (Lipinski definition) is 0. The van der Waals surface area contributed by atoms with Gasteiger partial charge in [-0.2, -0.15) is 0 Å². The van der Waals surface area contributed by atoms with Gasteiger partial charge < -0.3 is 0 Å². The molecule has 0 fully saturated rings. The van der Waals surface area contributed by atoms with Crippen LogP contribution in [0.2, 0.25) is 0 Å². The van der Waals surface area contributed by atoms with Gasteiger partial charge in [0.1, 0.15) is 0 Å². The van der Waals surface area contributed by atoms with E-state index in [0.29, 0.717) is 0 Å². The maximum absolute atomic E-state index is 5.42. The van der Waals surface area contributed by atoms with Crippen LogP contribution in [0.3, 0.4) is 0 Å². The van der Waals surface area contributed by atoms with E-state index in [9.17, 15) is 0 Å². The minimum atomic E-state index is 0.845. The summed E-state index contributed by atoms with van der Waals surface area (Å²) in [4.78, 5) is 0. The number of terminal acetylenes is 1. The Morgan fingerprint density at radius 2 is 0.321 bits per heavy atom. The van der Waals surface area contributed by atoms with E-state index in [1.807, 2.05) is 176 Å². The molecule has 0 aliphatic rings. The van der Waals surface area contributed by atoms with Crippen LogP contribution >= 0.6 is 0 Å². The lowest BCUT2D eigenvalue weighted by atomic mass is 10.1. The van der Waals surface area contributed by atoms with Crippen LogP contribution in [0.1, 0.15) is 72.3 Å². The third kappa shape index (κ3) is 10.7. The standard InChI is InChI=1S/C56H30/c1-2-44-8-10-46(11-9-44)14-15-48-20-22-50(23-21-48)26-27-52-32-34-54(35-33-52)38-39-56-42-40-55(41-43-56)37-36-53-30-28-51(29-31-53)25-24-49-18-16-47(17-19-49)13-12-45-6-4-3-5-7-45/h1,3-11,16-23,28-35,40-43H. The first-order valence-electron chi connectivity index (χ1n) is 17.9. The average Bonchev–Trinajstić information content (AvgIpc) is 3.27. The minimum absolute atomic E-state index is 0.845. The van der Waals surface area contributed by atoms with Gasteiger partial charge in [-0.05, 0) is 158 Å². The third-order valence-corrected chi connectivity index (χ3v) is 8.36. The summed E-state index contributed by atoms with van der Waals surface area (Å²) in [7, 11) is 0. The highest BCUT2D eigenvalue weighted by Gasteiger charge is 1.95. The number of rotatable bonds is 0. The van der Waals surface area contributed by atoms with Crippen molar-refractivity contribution < 1.29 is 0 Å². The lowest BCUT2D eigenvalue weighted by molar-refractivity contribution is 1.57. The van der Waals surface area contributed by atoms with Gasteiger partial charge in [0.15, 0.2) is 0 Å². The Morgan fingerprint density at radius 1 is 0.179 bits per heavy atom. The second-order valence-corrected chi connectivity index (χ2v) is 12.5. The summed E-state index contributed by atoms with van der Waals surface area (Å²) in [5.41, 5.74) is 12.1. The molecule has 0 heteroatoms. The van der Waals surface area contributed by atoms with Crippen molar-refractivity contribution in [2.75, 3.05) is 0 Å². The first-order valence-corrected chi connectivity index (χ1v) is 17.9. The monoisotopic (exact) mass is 702 g/mol. The van der Waals surface area contributed by atoms with E-state index in [4.69, 9.17) is 6.42 Å². The first kappa shape index (κ1) is 35.8. The summed E-state index contributed by atoms with van der Waals surface area (Å²) in [6.45, 7) is 0. The van der Waals surface area contributed by atoms with Gasteiger partial charge in [-0.25, -0.2) is 0 Å².